The number of fused-ring (bicyclic) bond motifs is 2. The summed E-state index contributed by atoms with van der Waals surface area (Å²) in [6.07, 6.45) is 0. The monoisotopic (exact) mass is 438 g/mol. The Morgan fingerprint density at radius 2 is 1.77 bits per heavy atom. The van der Waals surface area contributed by atoms with Crippen LogP contribution in [-0.4, -0.2) is 17.6 Å². The molecule has 0 unspecified atom stereocenters. The number of halogens is 2. The van der Waals surface area contributed by atoms with Crippen molar-refractivity contribution >= 4 is 46.6 Å². The van der Waals surface area contributed by atoms with Crippen LogP contribution in [0.25, 0.3) is 0 Å². The largest absolute Gasteiger partial charge is 0.304 e. The number of hydrogen-bond acceptors (Lipinski definition) is 3. The molecule has 1 atom stereocenters. The summed E-state index contributed by atoms with van der Waals surface area (Å²) in [5.41, 5.74) is 2.79. The van der Waals surface area contributed by atoms with Crippen LogP contribution < -0.4 is 9.80 Å². The zero-order chi connectivity index (χ0) is 20.9. The summed E-state index contributed by atoms with van der Waals surface area (Å²) >= 11 is 7.34. The van der Waals surface area contributed by atoms with Gasteiger partial charge in [0.05, 0.1) is 18.0 Å². The van der Waals surface area contributed by atoms with Gasteiger partial charge in [-0.3, -0.25) is 14.5 Å². The number of nitrogens with zero attached hydrogens (tertiary/aromatic N) is 2. The van der Waals surface area contributed by atoms with E-state index in [0.29, 0.717) is 16.3 Å². The van der Waals surface area contributed by atoms with Crippen LogP contribution in [0, 0.1) is 5.82 Å². The number of anilines is 2. The van der Waals surface area contributed by atoms with E-state index in [1.165, 1.54) is 23.9 Å². The Morgan fingerprint density at radius 1 is 1.00 bits per heavy atom. The Morgan fingerprint density at radius 3 is 2.53 bits per heavy atom. The van der Waals surface area contributed by atoms with Gasteiger partial charge in [-0.1, -0.05) is 41.9 Å². The minimum atomic E-state index is -1.19. The quantitative estimate of drug-likeness (QED) is 0.580. The van der Waals surface area contributed by atoms with E-state index < -0.39 is 4.87 Å². The van der Waals surface area contributed by atoms with Crippen molar-refractivity contribution in [1.82, 2.24) is 0 Å². The maximum atomic E-state index is 13.9. The van der Waals surface area contributed by atoms with Crippen molar-refractivity contribution < 1.29 is 14.0 Å². The molecule has 0 saturated carbocycles. The van der Waals surface area contributed by atoms with E-state index in [0.717, 1.165) is 11.3 Å². The highest BCUT2D eigenvalue weighted by Crippen LogP contribution is 2.55. The molecule has 0 aromatic heterocycles. The average molecular weight is 439 g/mol. The molecular weight excluding hydrogens is 423 g/mol. The predicted molar refractivity (Wildman–Crippen MR) is 117 cm³/mol. The van der Waals surface area contributed by atoms with Gasteiger partial charge in [0.15, 0.2) is 0 Å². The second-order valence-electron chi connectivity index (χ2n) is 7.18. The molecule has 5 rings (SSSR count). The lowest BCUT2D eigenvalue weighted by molar-refractivity contribution is -0.123. The first-order valence-corrected chi connectivity index (χ1v) is 10.8. The summed E-state index contributed by atoms with van der Waals surface area (Å²) < 4.78 is 13.7. The molecule has 1 spiro atoms. The van der Waals surface area contributed by atoms with Gasteiger partial charge in [0.2, 0.25) is 10.8 Å². The number of hydrogen-bond donors (Lipinski definition) is 0. The Labute approximate surface area is 182 Å². The van der Waals surface area contributed by atoms with Gasteiger partial charge in [0.25, 0.3) is 5.91 Å². The third kappa shape index (κ3) is 2.82. The molecular formula is C23H16ClFN2O2S. The Bertz CT molecular complexity index is 1170. The second-order valence-corrected chi connectivity index (χ2v) is 8.78. The molecule has 2 aliphatic rings. The van der Waals surface area contributed by atoms with Crippen molar-refractivity contribution in [3.63, 3.8) is 0 Å². The molecule has 150 valence electrons. The van der Waals surface area contributed by atoms with E-state index in [9.17, 15) is 14.0 Å². The Hall–Kier alpha value is -2.83. The van der Waals surface area contributed by atoms with Gasteiger partial charge in [-0.15, -0.1) is 11.8 Å². The lowest BCUT2D eigenvalue weighted by Crippen LogP contribution is -2.49. The van der Waals surface area contributed by atoms with Gasteiger partial charge < -0.3 is 4.90 Å². The van der Waals surface area contributed by atoms with Gasteiger partial charge in [0, 0.05) is 16.3 Å². The summed E-state index contributed by atoms with van der Waals surface area (Å²) in [6.45, 7) is 0.221. The summed E-state index contributed by atoms with van der Waals surface area (Å²) in [5, 5.41) is 0.554. The van der Waals surface area contributed by atoms with Gasteiger partial charge in [-0.25, -0.2) is 4.39 Å². The lowest BCUT2D eigenvalue weighted by atomic mass is 10.0. The number of amides is 2. The molecule has 0 aliphatic carbocycles. The van der Waals surface area contributed by atoms with E-state index in [2.05, 4.69) is 0 Å². The smallest absolute Gasteiger partial charge is 0.269 e. The number of benzene rings is 3. The van der Waals surface area contributed by atoms with Crippen molar-refractivity contribution in [2.75, 3.05) is 15.6 Å². The number of rotatable bonds is 3. The van der Waals surface area contributed by atoms with E-state index >= 15 is 0 Å². The maximum Gasteiger partial charge on any atom is 0.269 e. The zero-order valence-corrected chi connectivity index (χ0v) is 17.3. The minimum Gasteiger partial charge on any atom is -0.304 e. The number of para-hydroxylation sites is 1. The van der Waals surface area contributed by atoms with Crippen molar-refractivity contribution in [3.8, 4) is 0 Å². The second kappa shape index (κ2) is 7.15. The molecule has 7 heteroatoms. The lowest BCUT2D eigenvalue weighted by Gasteiger charge is -2.33. The normalized spacial score (nSPS) is 20.3. The maximum absolute atomic E-state index is 13.9. The van der Waals surface area contributed by atoms with Crippen LogP contribution in [0.5, 0.6) is 0 Å². The molecule has 2 heterocycles. The molecule has 3 aromatic carbocycles. The zero-order valence-electron chi connectivity index (χ0n) is 15.7. The first-order valence-electron chi connectivity index (χ1n) is 9.39. The molecule has 0 bridgehead atoms. The summed E-state index contributed by atoms with van der Waals surface area (Å²) in [5.74, 6) is -0.511. The number of carbonyl (C=O) groups is 2. The fraction of sp³-hybridized carbons (Fsp3) is 0.130. The summed E-state index contributed by atoms with van der Waals surface area (Å²) in [4.78, 5) is 28.8. The van der Waals surface area contributed by atoms with Gasteiger partial charge >= 0.3 is 0 Å². The average Bonchev–Trinajstić information content (AvgIpc) is 3.20. The molecule has 1 fully saturated rings. The van der Waals surface area contributed by atoms with E-state index in [-0.39, 0.29) is 29.9 Å². The SMILES string of the molecule is O=C1CS[C@@]2(C(=O)N(Cc3cccc(F)c3)c3ccccc32)N1c1ccc(Cl)cc1. The third-order valence-corrected chi connectivity index (χ3v) is 7.02. The molecule has 4 nitrogen and oxygen atoms in total. The third-order valence-electron chi connectivity index (χ3n) is 5.38. The van der Waals surface area contributed by atoms with E-state index in [4.69, 9.17) is 11.6 Å². The van der Waals surface area contributed by atoms with Crippen LogP contribution in [0.1, 0.15) is 11.1 Å². The van der Waals surface area contributed by atoms with Crippen molar-refractivity contribution in [3.05, 3.63) is 94.8 Å². The number of carbonyl (C=O) groups excluding carboxylic acids is 2. The van der Waals surface area contributed by atoms with Crippen LogP contribution in [0.4, 0.5) is 15.8 Å². The summed E-state index contributed by atoms with van der Waals surface area (Å²) in [6, 6.07) is 20.6. The van der Waals surface area contributed by atoms with Crippen LogP contribution >= 0.6 is 23.4 Å². The highest BCUT2D eigenvalue weighted by molar-refractivity contribution is 8.02. The Kier molecular flexibility index (Phi) is 4.56. The highest BCUT2D eigenvalue weighted by Gasteiger charge is 2.60. The van der Waals surface area contributed by atoms with Crippen LogP contribution in [0.2, 0.25) is 5.02 Å². The van der Waals surface area contributed by atoms with Crippen molar-refractivity contribution in [1.29, 1.82) is 0 Å². The predicted octanol–water partition coefficient (Wildman–Crippen LogP) is 4.96. The molecule has 0 N–H and O–H groups in total. The fourth-order valence-electron chi connectivity index (χ4n) is 4.12. The first kappa shape index (κ1) is 19.2. The topological polar surface area (TPSA) is 40.6 Å². The van der Waals surface area contributed by atoms with E-state index in [1.54, 1.807) is 46.2 Å². The molecule has 1 saturated heterocycles. The van der Waals surface area contributed by atoms with Gasteiger partial charge in [-0.05, 0) is 48.0 Å². The molecule has 2 aliphatic heterocycles. The number of thioether (sulfide) groups is 1. The van der Waals surface area contributed by atoms with Crippen LogP contribution in [0.15, 0.2) is 72.8 Å². The standard InChI is InChI=1S/C23H16ClFN2O2S/c24-16-8-10-18(11-9-16)27-21(28)14-30-23(27)19-6-1-2-7-20(19)26(22(23)29)13-15-4-3-5-17(25)12-15/h1-12H,13-14H2/t23-/m0/s1. The van der Waals surface area contributed by atoms with E-state index in [1.807, 2.05) is 24.3 Å². The van der Waals surface area contributed by atoms with Crippen molar-refractivity contribution in [2.24, 2.45) is 0 Å². The van der Waals surface area contributed by atoms with Crippen LogP contribution in [0.3, 0.4) is 0 Å². The highest BCUT2D eigenvalue weighted by atomic mass is 35.5. The molecule has 3 aromatic rings. The van der Waals surface area contributed by atoms with Crippen LogP contribution in [-0.2, 0) is 21.0 Å². The fourth-order valence-corrected chi connectivity index (χ4v) is 5.61. The van der Waals surface area contributed by atoms with Crippen molar-refractivity contribution in [2.45, 2.75) is 11.4 Å². The molecule has 30 heavy (non-hydrogen) atoms. The summed E-state index contributed by atoms with van der Waals surface area (Å²) in [7, 11) is 0. The first-order chi connectivity index (χ1) is 14.5. The minimum absolute atomic E-state index is 0.141. The molecule has 0 radical (unpaired) electrons. The Balaban J connectivity index is 1.64. The van der Waals surface area contributed by atoms with Gasteiger partial charge in [0.1, 0.15) is 5.82 Å². The molecule has 2 amide bonds. The van der Waals surface area contributed by atoms with Gasteiger partial charge in [-0.2, -0.15) is 0 Å².